The molecule has 0 saturated carbocycles. The van der Waals surface area contributed by atoms with Gasteiger partial charge in [-0.15, -0.1) is 0 Å². The van der Waals surface area contributed by atoms with E-state index in [-0.39, 0.29) is 12.3 Å². The highest BCUT2D eigenvalue weighted by Gasteiger charge is 2.05. The Balaban J connectivity index is 1.73. The van der Waals surface area contributed by atoms with E-state index in [9.17, 15) is 4.79 Å². The van der Waals surface area contributed by atoms with Crippen LogP contribution in [0.1, 0.15) is 5.69 Å². The van der Waals surface area contributed by atoms with Crippen LogP contribution in [0.25, 0.3) is 0 Å². The summed E-state index contributed by atoms with van der Waals surface area (Å²) in [6, 6.07) is 13.6. The Morgan fingerprint density at radius 2 is 2.00 bits per heavy atom. The Kier molecular flexibility index (Phi) is 5.15. The van der Waals surface area contributed by atoms with Gasteiger partial charge in [-0.2, -0.15) is 0 Å². The molecule has 0 aliphatic carbocycles. The zero-order valence-electron chi connectivity index (χ0n) is 12.1. The molecule has 0 unspecified atom stereocenters. The van der Waals surface area contributed by atoms with E-state index in [4.69, 9.17) is 5.73 Å². The van der Waals surface area contributed by atoms with Gasteiger partial charge in [0, 0.05) is 31.5 Å². The lowest BCUT2D eigenvalue weighted by atomic mass is 10.2. The molecule has 21 heavy (non-hydrogen) atoms. The number of amides is 1. The molecular formula is C16H20N4O. The van der Waals surface area contributed by atoms with E-state index >= 15 is 0 Å². The lowest BCUT2D eigenvalue weighted by molar-refractivity contribution is -0.120. The van der Waals surface area contributed by atoms with E-state index in [1.54, 1.807) is 18.3 Å². The van der Waals surface area contributed by atoms with Gasteiger partial charge in [-0.25, -0.2) is 0 Å². The van der Waals surface area contributed by atoms with Gasteiger partial charge in [0.2, 0.25) is 5.91 Å². The third-order valence-corrected chi connectivity index (χ3v) is 3.16. The van der Waals surface area contributed by atoms with Crippen LogP contribution in [0.3, 0.4) is 0 Å². The minimum Gasteiger partial charge on any atom is -0.397 e. The fourth-order valence-corrected chi connectivity index (χ4v) is 1.94. The number of hydrogen-bond donors (Lipinski definition) is 2. The molecular weight excluding hydrogens is 264 g/mol. The topological polar surface area (TPSA) is 71.2 Å². The number of nitrogen functional groups attached to an aromatic ring is 1. The average molecular weight is 284 g/mol. The molecule has 1 aromatic carbocycles. The van der Waals surface area contributed by atoms with Crippen LogP contribution >= 0.6 is 0 Å². The second-order valence-corrected chi connectivity index (χ2v) is 4.87. The van der Waals surface area contributed by atoms with Crippen molar-refractivity contribution in [3.8, 4) is 0 Å². The van der Waals surface area contributed by atoms with Crippen molar-refractivity contribution < 1.29 is 4.79 Å². The molecule has 2 rings (SSSR count). The maximum Gasteiger partial charge on any atom is 0.226 e. The molecule has 0 aliphatic heterocycles. The van der Waals surface area contributed by atoms with Gasteiger partial charge in [0.05, 0.1) is 18.3 Å². The van der Waals surface area contributed by atoms with Crippen molar-refractivity contribution in [1.82, 2.24) is 10.3 Å². The minimum atomic E-state index is -0.0336. The molecule has 5 nitrogen and oxygen atoms in total. The van der Waals surface area contributed by atoms with Crippen molar-refractivity contribution >= 4 is 17.3 Å². The van der Waals surface area contributed by atoms with E-state index in [1.165, 1.54) is 0 Å². The zero-order valence-corrected chi connectivity index (χ0v) is 12.1. The maximum absolute atomic E-state index is 11.8. The summed E-state index contributed by atoms with van der Waals surface area (Å²) in [5.74, 6) is -0.0336. The van der Waals surface area contributed by atoms with E-state index in [0.29, 0.717) is 12.2 Å². The van der Waals surface area contributed by atoms with Gasteiger partial charge >= 0.3 is 0 Å². The second kappa shape index (κ2) is 7.28. The number of benzene rings is 1. The van der Waals surface area contributed by atoms with E-state index in [1.807, 2.05) is 37.4 Å². The summed E-state index contributed by atoms with van der Waals surface area (Å²) in [6.45, 7) is 1.35. The monoisotopic (exact) mass is 284 g/mol. The highest BCUT2D eigenvalue weighted by atomic mass is 16.1. The average Bonchev–Trinajstić information content (AvgIpc) is 2.50. The number of pyridine rings is 1. The molecule has 1 heterocycles. The van der Waals surface area contributed by atoms with Crippen molar-refractivity contribution in [3.05, 3.63) is 54.4 Å². The Labute approximate surface area is 124 Å². The van der Waals surface area contributed by atoms with Gasteiger partial charge in [-0.05, 0) is 24.3 Å². The van der Waals surface area contributed by atoms with Crippen molar-refractivity contribution in [1.29, 1.82) is 0 Å². The summed E-state index contributed by atoms with van der Waals surface area (Å²) >= 11 is 0. The van der Waals surface area contributed by atoms with Gasteiger partial charge in [0.25, 0.3) is 0 Å². The number of nitrogens with two attached hydrogens (primary N) is 1. The molecule has 3 N–H and O–H groups in total. The maximum atomic E-state index is 11.8. The van der Waals surface area contributed by atoms with Gasteiger partial charge in [-0.1, -0.05) is 18.2 Å². The van der Waals surface area contributed by atoms with Crippen molar-refractivity contribution in [2.24, 2.45) is 0 Å². The zero-order chi connectivity index (χ0) is 15.1. The van der Waals surface area contributed by atoms with E-state index in [0.717, 1.165) is 17.9 Å². The molecule has 5 heteroatoms. The molecule has 1 aromatic heterocycles. The first kappa shape index (κ1) is 14.8. The fourth-order valence-electron chi connectivity index (χ4n) is 1.94. The Morgan fingerprint density at radius 3 is 2.67 bits per heavy atom. The molecule has 0 atom stereocenters. The minimum absolute atomic E-state index is 0.0336. The number of para-hydroxylation sites is 1. The fraction of sp³-hybridized carbons (Fsp3) is 0.250. The quantitative estimate of drug-likeness (QED) is 0.842. The number of nitrogens with zero attached hydrogens (tertiary/aromatic N) is 2. The molecule has 0 bridgehead atoms. The second-order valence-electron chi connectivity index (χ2n) is 4.87. The largest absolute Gasteiger partial charge is 0.397 e. The Hall–Kier alpha value is -2.56. The van der Waals surface area contributed by atoms with E-state index in [2.05, 4.69) is 15.2 Å². The smallest absolute Gasteiger partial charge is 0.226 e. The number of carbonyl (C=O) groups excluding carboxylic acids is 1. The molecule has 0 fully saturated rings. The number of likely N-dealkylation sites (N-methyl/N-ethyl adjacent to an activating group) is 1. The van der Waals surface area contributed by atoms with Crippen LogP contribution in [0.5, 0.6) is 0 Å². The van der Waals surface area contributed by atoms with Gasteiger partial charge < -0.3 is 16.0 Å². The number of carbonyl (C=O) groups is 1. The van der Waals surface area contributed by atoms with E-state index < -0.39 is 0 Å². The summed E-state index contributed by atoms with van der Waals surface area (Å²) in [5, 5.41) is 2.89. The lowest BCUT2D eigenvalue weighted by Gasteiger charge is -2.19. The van der Waals surface area contributed by atoms with Crippen LogP contribution in [0.2, 0.25) is 0 Å². The molecule has 0 saturated heterocycles. The van der Waals surface area contributed by atoms with Gasteiger partial charge in [0.15, 0.2) is 0 Å². The standard InChI is InChI=1S/C16H20N4O/c1-20(15-5-3-2-4-6-15)10-9-18-16(21)11-14-8-7-13(17)12-19-14/h2-8,12H,9-11,17H2,1H3,(H,18,21). The van der Waals surface area contributed by atoms with Gasteiger partial charge in [0.1, 0.15) is 0 Å². The summed E-state index contributed by atoms with van der Waals surface area (Å²) in [4.78, 5) is 18.0. The first-order valence-electron chi connectivity index (χ1n) is 6.88. The van der Waals surface area contributed by atoms with Crippen LogP contribution in [0.15, 0.2) is 48.7 Å². The molecule has 110 valence electrons. The van der Waals surface area contributed by atoms with Gasteiger partial charge in [-0.3, -0.25) is 9.78 Å². The first-order chi connectivity index (χ1) is 10.1. The molecule has 1 amide bonds. The Bertz CT molecular complexity index is 569. The predicted molar refractivity (Wildman–Crippen MR) is 85.1 cm³/mol. The van der Waals surface area contributed by atoms with Crippen LogP contribution in [-0.2, 0) is 11.2 Å². The van der Waals surface area contributed by atoms with Crippen LogP contribution in [0, 0.1) is 0 Å². The Morgan fingerprint density at radius 1 is 1.24 bits per heavy atom. The molecule has 2 aromatic rings. The number of nitrogens with one attached hydrogen (secondary N) is 1. The molecule has 0 radical (unpaired) electrons. The number of hydrogen-bond acceptors (Lipinski definition) is 4. The summed E-state index contributed by atoms with van der Waals surface area (Å²) < 4.78 is 0. The van der Waals surface area contributed by atoms with Crippen LogP contribution in [-0.4, -0.2) is 31.0 Å². The van der Waals surface area contributed by atoms with Crippen molar-refractivity contribution in [2.75, 3.05) is 30.8 Å². The van der Waals surface area contributed by atoms with Crippen molar-refractivity contribution in [2.45, 2.75) is 6.42 Å². The number of aromatic nitrogens is 1. The van der Waals surface area contributed by atoms with Crippen LogP contribution < -0.4 is 16.0 Å². The van der Waals surface area contributed by atoms with Crippen molar-refractivity contribution in [3.63, 3.8) is 0 Å². The number of rotatable bonds is 6. The highest BCUT2D eigenvalue weighted by molar-refractivity contribution is 5.78. The van der Waals surface area contributed by atoms with Crippen LogP contribution in [0.4, 0.5) is 11.4 Å². The third-order valence-electron chi connectivity index (χ3n) is 3.16. The predicted octanol–water partition coefficient (Wildman–Crippen LogP) is 1.46. The molecule has 0 aliphatic rings. The number of anilines is 2. The molecule has 0 spiro atoms. The summed E-state index contributed by atoms with van der Waals surface area (Å²) in [6.07, 6.45) is 1.83. The third kappa shape index (κ3) is 4.80. The highest BCUT2D eigenvalue weighted by Crippen LogP contribution is 2.09. The lowest BCUT2D eigenvalue weighted by Crippen LogP contribution is -2.33. The first-order valence-corrected chi connectivity index (χ1v) is 6.88. The summed E-state index contributed by atoms with van der Waals surface area (Å²) in [7, 11) is 2.00. The summed E-state index contributed by atoms with van der Waals surface area (Å²) in [5.41, 5.74) is 8.01. The normalized spacial score (nSPS) is 10.1. The SMILES string of the molecule is CN(CCNC(=O)Cc1ccc(N)cn1)c1ccccc1.